The summed E-state index contributed by atoms with van der Waals surface area (Å²) in [5.74, 6) is 0. The van der Waals surface area contributed by atoms with E-state index >= 15 is 0 Å². The van der Waals surface area contributed by atoms with Crippen molar-refractivity contribution in [1.29, 1.82) is 0 Å². The van der Waals surface area contributed by atoms with Gasteiger partial charge in [-0.1, -0.05) is 135 Å². The lowest BCUT2D eigenvalue weighted by Crippen LogP contribution is -2.16. The fourth-order valence-electron chi connectivity index (χ4n) is 8.28. The Hall–Kier alpha value is -6.38. The van der Waals surface area contributed by atoms with E-state index in [1.165, 1.54) is 49.7 Å². The minimum Gasteiger partial charge on any atom is -0.456 e. The topological polar surface area (TPSA) is 16.4 Å². The first-order valence-electron chi connectivity index (χ1n) is 17.7. The summed E-state index contributed by atoms with van der Waals surface area (Å²) >= 11 is 0. The Balaban J connectivity index is 1.12. The van der Waals surface area contributed by atoms with Gasteiger partial charge < -0.3 is 9.32 Å². The van der Waals surface area contributed by atoms with Gasteiger partial charge in [0.15, 0.2) is 0 Å². The molecule has 51 heavy (non-hydrogen) atoms. The van der Waals surface area contributed by atoms with Gasteiger partial charge in [0.25, 0.3) is 0 Å². The Morgan fingerprint density at radius 3 is 1.96 bits per heavy atom. The van der Waals surface area contributed by atoms with E-state index in [1.807, 2.05) is 12.1 Å². The first kappa shape index (κ1) is 29.5. The molecule has 0 aliphatic heterocycles. The number of anilines is 3. The maximum absolute atomic E-state index is 6.23. The number of hydrogen-bond donors (Lipinski definition) is 0. The third-order valence-corrected chi connectivity index (χ3v) is 10.9. The fourth-order valence-corrected chi connectivity index (χ4v) is 8.28. The van der Waals surface area contributed by atoms with E-state index in [-0.39, 0.29) is 5.41 Å². The summed E-state index contributed by atoms with van der Waals surface area (Å²) in [6.45, 7) is 4.70. The fraction of sp³-hybridized carbons (Fsp3) is 0.0612. The standard InChI is InChI=1S/C49H35NO/c1-49(2)44-18-7-5-15-41(44)42-28-27-39(31-45(42)49)50(38-14-9-13-35(30-38)36-22-21-32-11-3-4-12-34(32)29-36)37-25-23-33(24-26-37)40-17-10-20-47-48(40)43-16-6-8-19-46(43)51-47/h3-31H,1-2H3. The quantitative estimate of drug-likeness (QED) is 0.184. The smallest absolute Gasteiger partial charge is 0.136 e. The monoisotopic (exact) mass is 653 g/mol. The number of rotatable bonds is 5. The predicted molar refractivity (Wildman–Crippen MR) is 214 cm³/mol. The summed E-state index contributed by atoms with van der Waals surface area (Å²) in [7, 11) is 0. The van der Waals surface area contributed by atoms with Gasteiger partial charge in [-0.05, 0) is 110 Å². The molecule has 0 unspecified atom stereocenters. The SMILES string of the molecule is CC1(C)c2ccccc2-c2ccc(N(c3ccc(-c4cccc5oc6ccccc6c45)cc3)c3cccc(-c4ccc5ccccc5c4)c3)cc21. The Bertz CT molecular complexity index is 2780. The highest BCUT2D eigenvalue weighted by Crippen LogP contribution is 2.51. The summed E-state index contributed by atoms with van der Waals surface area (Å²) in [6.07, 6.45) is 0. The molecule has 1 aliphatic carbocycles. The van der Waals surface area contributed by atoms with Gasteiger partial charge in [-0.3, -0.25) is 0 Å². The van der Waals surface area contributed by atoms with Crippen LogP contribution in [0.3, 0.4) is 0 Å². The van der Waals surface area contributed by atoms with Crippen molar-refractivity contribution in [3.63, 3.8) is 0 Å². The molecule has 242 valence electrons. The summed E-state index contributed by atoms with van der Waals surface area (Å²) < 4.78 is 6.23. The number of fused-ring (bicyclic) bond motifs is 7. The van der Waals surface area contributed by atoms with Crippen LogP contribution in [0.1, 0.15) is 25.0 Å². The number of nitrogens with zero attached hydrogens (tertiary/aromatic N) is 1. The van der Waals surface area contributed by atoms with Crippen LogP contribution < -0.4 is 4.90 Å². The van der Waals surface area contributed by atoms with Gasteiger partial charge in [0.2, 0.25) is 0 Å². The van der Waals surface area contributed by atoms with Gasteiger partial charge in [0, 0.05) is 33.2 Å². The van der Waals surface area contributed by atoms with Gasteiger partial charge in [0.05, 0.1) is 0 Å². The molecule has 1 aliphatic rings. The molecule has 2 nitrogen and oxygen atoms in total. The third kappa shape index (κ3) is 4.71. The van der Waals surface area contributed by atoms with E-state index in [0.717, 1.165) is 44.6 Å². The van der Waals surface area contributed by atoms with E-state index in [4.69, 9.17) is 4.42 Å². The average Bonchev–Trinajstić information content (AvgIpc) is 3.67. The molecule has 1 heterocycles. The van der Waals surface area contributed by atoms with E-state index in [2.05, 4.69) is 183 Å². The summed E-state index contributed by atoms with van der Waals surface area (Å²) in [6, 6.07) is 63.8. The van der Waals surface area contributed by atoms with Crippen LogP contribution in [0.4, 0.5) is 17.1 Å². The largest absolute Gasteiger partial charge is 0.456 e. The molecule has 0 N–H and O–H groups in total. The lowest BCUT2D eigenvalue weighted by atomic mass is 9.82. The van der Waals surface area contributed by atoms with Crippen LogP contribution in [0.5, 0.6) is 0 Å². The van der Waals surface area contributed by atoms with E-state index in [0.29, 0.717) is 0 Å². The molecule has 0 amide bonds. The first-order chi connectivity index (χ1) is 25.0. The molecule has 0 saturated carbocycles. The highest BCUT2D eigenvalue weighted by atomic mass is 16.3. The van der Waals surface area contributed by atoms with E-state index in [1.54, 1.807) is 0 Å². The summed E-state index contributed by atoms with van der Waals surface area (Å²) in [5.41, 5.74) is 15.2. The van der Waals surface area contributed by atoms with Crippen molar-refractivity contribution in [2.24, 2.45) is 0 Å². The molecule has 1 aromatic heterocycles. The summed E-state index contributed by atoms with van der Waals surface area (Å²) in [5, 5.41) is 4.79. The Morgan fingerprint density at radius 1 is 0.412 bits per heavy atom. The molecule has 9 aromatic rings. The second kappa shape index (κ2) is 11.3. The van der Waals surface area contributed by atoms with Crippen molar-refractivity contribution >= 4 is 49.8 Å². The zero-order valence-corrected chi connectivity index (χ0v) is 28.6. The van der Waals surface area contributed by atoms with Crippen LogP contribution >= 0.6 is 0 Å². The molecule has 0 saturated heterocycles. The third-order valence-electron chi connectivity index (χ3n) is 10.9. The molecule has 0 fully saturated rings. The van der Waals surface area contributed by atoms with Gasteiger partial charge in [-0.15, -0.1) is 0 Å². The van der Waals surface area contributed by atoms with Crippen molar-refractivity contribution in [3.05, 3.63) is 187 Å². The van der Waals surface area contributed by atoms with Gasteiger partial charge in [0.1, 0.15) is 11.2 Å². The van der Waals surface area contributed by atoms with Crippen LogP contribution in [-0.4, -0.2) is 0 Å². The van der Waals surface area contributed by atoms with Crippen LogP contribution in [-0.2, 0) is 5.41 Å². The Morgan fingerprint density at radius 2 is 1.06 bits per heavy atom. The van der Waals surface area contributed by atoms with Crippen molar-refractivity contribution in [3.8, 4) is 33.4 Å². The second-order valence-electron chi connectivity index (χ2n) is 14.2. The highest BCUT2D eigenvalue weighted by Gasteiger charge is 2.35. The summed E-state index contributed by atoms with van der Waals surface area (Å²) in [4.78, 5) is 2.40. The minimum atomic E-state index is -0.101. The average molecular weight is 654 g/mol. The van der Waals surface area contributed by atoms with Crippen LogP contribution in [0.25, 0.3) is 66.1 Å². The molecule has 0 bridgehead atoms. The van der Waals surface area contributed by atoms with Crippen LogP contribution in [0.15, 0.2) is 180 Å². The lowest BCUT2D eigenvalue weighted by Gasteiger charge is -2.28. The minimum absolute atomic E-state index is 0.101. The number of furan rings is 1. The first-order valence-corrected chi connectivity index (χ1v) is 17.7. The zero-order valence-electron chi connectivity index (χ0n) is 28.6. The van der Waals surface area contributed by atoms with Crippen molar-refractivity contribution in [2.45, 2.75) is 19.3 Å². The number of benzene rings is 8. The van der Waals surface area contributed by atoms with Crippen molar-refractivity contribution in [1.82, 2.24) is 0 Å². The van der Waals surface area contributed by atoms with Gasteiger partial charge in [-0.25, -0.2) is 0 Å². The predicted octanol–water partition coefficient (Wildman–Crippen LogP) is 13.8. The van der Waals surface area contributed by atoms with E-state index < -0.39 is 0 Å². The maximum Gasteiger partial charge on any atom is 0.136 e. The number of hydrogen-bond acceptors (Lipinski definition) is 2. The molecule has 10 rings (SSSR count). The molecule has 8 aromatic carbocycles. The maximum atomic E-state index is 6.23. The Kier molecular flexibility index (Phi) is 6.56. The molecular weight excluding hydrogens is 619 g/mol. The molecule has 0 atom stereocenters. The molecule has 0 spiro atoms. The van der Waals surface area contributed by atoms with Crippen molar-refractivity contribution in [2.75, 3.05) is 4.90 Å². The van der Waals surface area contributed by atoms with Crippen LogP contribution in [0.2, 0.25) is 0 Å². The van der Waals surface area contributed by atoms with Gasteiger partial charge in [-0.2, -0.15) is 0 Å². The Labute approximate surface area is 297 Å². The normalized spacial score (nSPS) is 13.1. The molecule has 0 radical (unpaired) electrons. The van der Waals surface area contributed by atoms with Crippen LogP contribution in [0, 0.1) is 0 Å². The van der Waals surface area contributed by atoms with E-state index in [9.17, 15) is 0 Å². The lowest BCUT2D eigenvalue weighted by molar-refractivity contribution is 0.660. The van der Waals surface area contributed by atoms with Gasteiger partial charge >= 0.3 is 0 Å². The second-order valence-corrected chi connectivity index (χ2v) is 14.2. The molecule has 2 heteroatoms. The van der Waals surface area contributed by atoms with Crippen molar-refractivity contribution < 1.29 is 4.42 Å². The number of para-hydroxylation sites is 1. The zero-order chi connectivity index (χ0) is 34.1. The molecular formula is C49H35NO. The highest BCUT2D eigenvalue weighted by molar-refractivity contribution is 6.12.